The maximum atomic E-state index is 13.0. The molecule has 0 saturated heterocycles. The molecule has 110 valence electrons. The molecule has 1 N–H and O–H groups in total. The Bertz CT molecular complexity index is 492. The molecule has 0 atom stereocenters. The van der Waals surface area contributed by atoms with Gasteiger partial charge in [0.05, 0.1) is 6.54 Å². The number of nitrogens with one attached hydrogen (secondary N) is 1. The van der Waals surface area contributed by atoms with E-state index in [1.54, 1.807) is 0 Å². The predicted octanol–water partition coefficient (Wildman–Crippen LogP) is 2.55. The van der Waals surface area contributed by atoms with Gasteiger partial charge in [-0.25, -0.2) is 8.78 Å². The fourth-order valence-electron chi connectivity index (χ4n) is 1.64. The predicted molar refractivity (Wildman–Crippen MR) is 72.1 cm³/mol. The molecule has 0 spiro atoms. The summed E-state index contributed by atoms with van der Waals surface area (Å²) in [5.74, 6) is -2.64. The second-order valence-corrected chi connectivity index (χ2v) is 4.47. The molecule has 0 fully saturated rings. The highest BCUT2D eigenvalue weighted by Crippen LogP contribution is 2.13. The summed E-state index contributed by atoms with van der Waals surface area (Å²) in [7, 11) is 0. The van der Waals surface area contributed by atoms with Crippen LogP contribution in [-0.2, 0) is 9.59 Å². The minimum atomic E-state index is -1.03. The largest absolute Gasteiger partial charge is 0.334 e. The van der Waals surface area contributed by atoms with E-state index < -0.39 is 17.5 Å². The van der Waals surface area contributed by atoms with E-state index in [-0.39, 0.29) is 18.1 Å². The molecule has 2 amide bonds. The van der Waals surface area contributed by atoms with Gasteiger partial charge in [-0.1, -0.05) is 13.3 Å². The third-order valence-corrected chi connectivity index (χ3v) is 2.76. The van der Waals surface area contributed by atoms with E-state index in [1.165, 1.54) is 17.9 Å². The SMILES string of the molecule is CCCCN(CC(=O)Nc1ccc(F)c(F)c1)C(C)=O. The molecule has 0 unspecified atom stereocenters. The van der Waals surface area contributed by atoms with Gasteiger partial charge in [-0.2, -0.15) is 0 Å². The van der Waals surface area contributed by atoms with Crippen molar-refractivity contribution in [1.29, 1.82) is 0 Å². The van der Waals surface area contributed by atoms with E-state index in [1.807, 2.05) is 6.92 Å². The highest BCUT2D eigenvalue weighted by atomic mass is 19.2. The van der Waals surface area contributed by atoms with Crippen molar-refractivity contribution in [1.82, 2.24) is 4.90 Å². The topological polar surface area (TPSA) is 49.4 Å². The van der Waals surface area contributed by atoms with Gasteiger partial charge in [0.2, 0.25) is 11.8 Å². The van der Waals surface area contributed by atoms with Crippen molar-refractivity contribution in [2.45, 2.75) is 26.7 Å². The van der Waals surface area contributed by atoms with Crippen LogP contribution in [0.25, 0.3) is 0 Å². The molecule has 0 bridgehead atoms. The van der Waals surface area contributed by atoms with Crippen LogP contribution in [0, 0.1) is 11.6 Å². The molecule has 0 aliphatic rings. The van der Waals surface area contributed by atoms with E-state index >= 15 is 0 Å². The first-order chi connectivity index (χ1) is 9.43. The first-order valence-corrected chi connectivity index (χ1v) is 6.44. The zero-order valence-corrected chi connectivity index (χ0v) is 11.6. The van der Waals surface area contributed by atoms with Crippen molar-refractivity contribution in [2.24, 2.45) is 0 Å². The number of carbonyl (C=O) groups is 2. The van der Waals surface area contributed by atoms with Gasteiger partial charge in [0.1, 0.15) is 0 Å². The number of hydrogen-bond donors (Lipinski definition) is 1. The van der Waals surface area contributed by atoms with Gasteiger partial charge in [0.15, 0.2) is 11.6 Å². The first-order valence-electron chi connectivity index (χ1n) is 6.44. The number of halogens is 2. The van der Waals surface area contributed by atoms with Gasteiger partial charge >= 0.3 is 0 Å². The smallest absolute Gasteiger partial charge is 0.243 e. The first kappa shape index (κ1) is 16.1. The van der Waals surface area contributed by atoms with Crippen molar-refractivity contribution in [3.8, 4) is 0 Å². The lowest BCUT2D eigenvalue weighted by Crippen LogP contribution is -2.37. The van der Waals surface area contributed by atoms with E-state index in [0.717, 1.165) is 25.0 Å². The van der Waals surface area contributed by atoms with Crippen molar-refractivity contribution in [2.75, 3.05) is 18.4 Å². The summed E-state index contributed by atoms with van der Waals surface area (Å²) in [5.41, 5.74) is 0.160. The molecule has 0 aromatic heterocycles. The molecule has 0 radical (unpaired) electrons. The van der Waals surface area contributed by atoms with Crippen LogP contribution in [0.15, 0.2) is 18.2 Å². The Labute approximate surface area is 116 Å². The molecule has 6 heteroatoms. The highest BCUT2D eigenvalue weighted by Gasteiger charge is 2.13. The van der Waals surface area contributed by atoms with Crippen molar-refractivity contribution < 1.29 is 18.4 Å². The second kappa shape index (κ2) is 7.57. The summed E-state index contributed by atoms with van der Waals surface area (Å²) in [6.45, 7) is 3.77. The lowest BCUT2D eigenvalue weighted by Gasteiger charge is -2.20. The van der Waals surface area contributed by atoms with E-state index in [9.17, 15) is 18.4 Å². The summed E-state index contributed by atoms with van der Waals surface area (Å²) >= 11 is 0. The van der Waals surface area contributed by atoms with E-state index in [2.05, 4.69) is 5.32 Å². The van der Waals surface area contributed by atoms with Gasteiger partial charge in [0, 0.05) is 25.2 Å². The Hall–Kier alpha value is -1.98. The molecule has 0 heterocycles. The van der Waals surface area contributed by atoms with Gasteiger partial charge in [0.25, 0.3) is 0 Å². The molecule has 20 heavy (non-hydrogen) atoms. The number of nitrogens with zero attached hydrogens (tertiary/aromatic N) is 1. The number of carbonyl (C=O) groups excluding carboxylic acids is 2. The number of amides is 2. The molecule has 4 nitrogen and oxygen atoms in total. The summed E-state index contributed by atoms with van der Waals surface area (Å²) < 4.78 is 25.7. The second-order valence-electron chi connectivity index (χ2n) is 4.47. The molecular formula is C14H18F2N2O2. The van der Waals surface area contributed by atoms with Gasteiger partial charge < -0.3 is 10.2 Å². The number of anilines is 1. The number of rotatable bonds is 6. The lowest BCUT2D eigenvalue weighted by atomic mass is 10.3. The van der Waals surface area contributed by atoms with Crippen LogP contribution >= 0.6 is 0 Å². The fourth-order valence-corrected chi connectivity index (χ4v) is 1.64. The number of benzene rings is 1. The zero-order valence-electron chi connectivity index (χ0n) is 11.6. The fraction of sp³-hybridized carbons (Fsp3) is 0.429. The third-order valence-electron chi connectivity index (χ3n) is 2.76. The lowest BCUT2D eigenvalue weighted by molar-refractivity contribution is -0.132. The van der Waals surface area contributed by atoms with Crippen LogP contribution in [0.1, 0.15) is 26.7 Å². The Morgan fingerprint density at radius 3 is 2.50 bits per heavy atom. The van der Waals surface area contributed by atoms with Crippen molar-refractivity contribution in [3.05, 3.63) is 29.8 Å². The zero-order chi connectivity index (χ0) is 15.1. The molecular weight excluding hydrogens is 266 g/mol. The molecule has 0 aliphatic carbocycles. The van der Waals surface area contributed by atoms with Crippen LogP contribution in [0.3, 0.4) is 0 Å². The van der Waals surface area contributed by atoms with Crippen LogP contribution in [0.5, 0.6) is 0 Å². The van der Waals surface area contributed by atoms with Crippen LogP contribution in [-0.4, -0.2) is 29.8 Å². The molecule has 0 aliphatic heterocycles. The third kappa shape index (κ3) is 4.95. The maximum Gasteiger partial charge on any atom is 0.243 e. The minimum absolute atomic E-state index is 0.103. The summed E-state index contributed by atoms with van der Waals surface area (Å²) in [6.07, 6.45) is 1.71. The average Bonchev–Trinajstić information content (AvgIpc) is 2.38. The summed E-state index contributed by atoms with van der Waals surface area (Å²) in [5, 5.41) is 2.43. The summed E-state index contributed by atoms with van der Waals surface area (Å²) in [4.78, 5) is 24.6. The van der Waals surface area contributed by atoms with Gasteiger partial charge in [-0.15, -0.1) is 0 Å². The Balaban J connectivity index is 2.60. The van der Waals surface area contributed by atoms with E-state index in [0.29, 0.717) is 6.54 Å². The quantitative estimate of drug-likeness (QED) is 0.872. The Kier molecular flexibility index (Phi) is 6.09. The Morgan fingerprint density at radius 2 is 1.95 bits per heavy atom. The summed E-state index contributed by atoms with van der Waals surface area (Å²) in [6, 6.07) is 3.10. The minimum Gasteiger partial charge on any atom is -0.334 e. The highest BCUT2D eigenvalue weighted by molar-refractivity contribution is 5.94. The van der Waals surface area contributed by atoms with Gasteiger partial charge in [-0.3, -0.25) is 9.59 Å². The molecule has 1 rings (SSSR count). The van der Waals surface area contributed by atoms with Crippen LogP contribution in [0.2, 0.25) is 0 Å². The van der Waals surface area contributed by atoms with Crippen LogP contribution < -0.4 is 5.32 Å². The van der Waals surface area contributed by atoms with E-state index in [4.69, 9.17) is 0 Å². The maximum absolute atomic E-state index is 13.0. The van der Waals surface area contributed by atoms with Crippen LogP contribution in [0.4, 0.5) is 14.5 Å². The van der Waals surface area contributed by atoms with Crippen molar-refractivity contribution >= 4 is 17.5 Å². The Morgan fingerprint density at radius 1 is 1.25 bits per heavy atom. The average molecular weight is 284 g/mol. The standard InChI is InChI=1S/C14H18F2N2O2/c1-3-4-7-18(10(2)19)9-14(20)17-11-5-6-12(15)13(16)8-11/h5-6,8H,3-4,7,9H2,1-2H3,(H,17,20). The normalized spacial score (nSPS) is 10.2. The van der Waals surface area contributed by atoms with Crippen molar-refractivity contribution in [3.63, 3.8) is 0 Å². The van der Waals surface area contributed by atoms with Gasteiger partial charge in [-0.05, 0) is 18.6 Å². The molecule has 0 saturated carbocycles. The molecule has 1 aromatic rings. The molecule has 1 aromatic carbocycles. The number of unbranched alkanes of at least 4 members (excludes halogenated alkanes) is 1. The monoisotopic (exact) mass is 284 g/mol. The number of hydrogen-bond acceptors (Lipinski definition) is 2.